The second kappa shape index (κ2) is 6.30. The Morgan fingerprint density at radius 1 is 1.08 bits per heavy atom. The van der Waals surface area contributed by atoms with E-state index in [2.05, 4.69) is 33.1 Å². The number of anilines is 1. The molecular weight excluding hydrogens is 312 g/mol. The van der Waals surface area contributed by atoms with Crippen LogP contribution in [0.2, 0.25) is 0 Å². The third-order valence-electron chi connectivity index (χ3n) is 5.74. The van der Waals surface area contributed by atoms with Crippen LogP contribution in [0.3, 0.4) is 0 Å². The molecule has 0 bridgehead atoms. The second-order valence-electron chi connectivity index (χ2n) is 7.62. The number of benzene rings is 1. The van der Waals surface area contributed by atoms with Crippen LogP contribution in [-0.4, -0.2) is 52.9 Å². The molecule has 0 aliphatic carbocycles. The van der Waals surface area contributed by atoms with Gasteiger partial charge in [-0.05, 0) is 75.5 Å². The van der Waals surface area contributed by atoms with E-state index in [1.807, 2.05) is 26.0 Å². The summed E-state index contributed by atoms with van der Waals surface area (Å²) >= 11 is 0. The van der Waals surface area contributed by atoms with E-state index in [1.54, 1.807) is 6.07 Å². The maximum Gasteiger partial charge on any atom is 0.151 e. The third kappa shape index (κ3) is 2.97. The fourth-order valence-corrected chi connectivity index (χ4v) is 4.30. The summed E-state index contributed by atoms with van der Waals surface area (Å²) in [6.45, 7) is 7.38. The average Bonchev–Trinajstić information content (AvgIpc) is 2.98. The minimum absolute atomic E-state index is 0.264. The molecule has 5 heteroatoms. The van der Waals surface area contributed by atoms with E-state index < -0.39 is 0 Å². The first-order valence-electron chi connectivity index (χ1n) is 9.12. The molecule has 2 atom stereocenters. The average molecular weight is 338 g/mol. The zero-order valence-electron chi connectivity index (χ0n) is 15.2. The molecule has 1 aromatic carbocycles. The zero-order chi connectivity index (χ0) is 17.6. The van der Waals surface area contributed by atoms with Crippen LogP contribution in [0.15, 0.2) is 24.3 Å². The van der Waals surface area contributed by atoms with Gasteiger partial charge in [0.05, 0.1) is 5.69 Å². The molecule has 0 spiro atoms. The Hall–Kier alpha value is -2.14. The van der Waals surface area contributed by atoms with Gasteiger partial charge >= 0.3 is 0 Å². The number of likely N-dealkylation sites (N-methyl/N-ethyl adjacent to an activating group) is 1. The van der Waals surface area contributed by atoms with E-state index in [0.717, 1.165) is 47.2 Å². The summed E-state index contributed by atoms with van der Waals surface area (Å²) in [4.78, 5) is 4.84. The number of fused-ring (bicyclic) bond motifs is 1. The molecule has 25 heavy (non-hydrogen) atoms. The molecule has 4 rings (SSSR count). The Kier molecular flexibility index (Phi) is 4.12. The number of aromatic hydroxyl groups is 1. The van der Waals surface area contributed by atoms with Gasteiger partial charge in [-0.15, -0.1) is 10.2 Å². The molecule has 1 N–H and O–H groups in total. The summed E-state index contributed by atoms with van der Waals surface area (Å²) in [5.41, 5.74) is 3.60. The number of phenols is 1. The topological polar surface area (TPSA) is 52.5 Å². The van der Waals surface area contributed by atoms with Crippen molar-refractivity contribution in [3.8, 4) is 17.0 Å². The Labute approximate surface area is 149 Å². The predicted molar refractivity (Wildman–Crippen MR) is 100.0 cm³/mol. The number of hydrogen-bond acceptors (Lipinski definition) is 5. The van der Waals surface area contributed by atoms with Gasteiger partial charge in [-0.25, -0.2) is 0 Å². The van der Waals surface area contributed by atoms with Crippen molar-refractivity contribution in [1.82, 2.24) is 15.1 Å². The zero-order valence-corrected chi connectivity index (χ0v) is 15.2. The highest BCUT2D eigenvalue weighted by molar-refractivity contribution is 5.70. The smallest absolute Gasteiger partial charge is 0.151 e. The highest BCUT2D eigenvalue weighted by atomic mass is 16.3. The maximum atomic E-state index is 10.2. The summed E-state index contributed by atoms with van der Waals surface area (Å²) in [5, 5.41) is 19.2. The lowest BCUT2D eigenvalue weighted by Gasteiger charge is -2.37. The van der Waals surface area contributed by atoms with Gasteiger partial charge in [-0.3, -0.25) is 0 Å². The van der Waals surface area contributed by atoms with Gasteiger partial charge in [-0.1, -0.05) is 6.07 Å². The molecule has 2 saturated heterocycles. The molecule has 2 aliphatic heterocycles. The highest BCUT2D eigenvalue weighted by Gasteiger charge is 2.38. The minimum atomic E-state index is 0.264. The number of aryl methyl sites for hydroxylation is 2. The lowest BCUT2D eigenvalue weighted by atomic mass is 9.92. The standard InChI is InChI=1S/C20H26N4O/c1-13-4-5-16(18(25)10-13)20-14(2)11-19(21-22-20)24-9-7-15-6-8-23(3)12-17(15)24/h4-5,10-11,15,17,25H,6-9,12H2,1-3H3/t15-,17-/m1/s1. The normalized spacial score (nSPS) is 23.7. The first-order valence-corrected chi connectivity index (χ1v) is 9.12. The number of hydrogen-bond donors (Lipinski definition) is 1. The van der Waals surface area contributed by atoms with Crippen LogP contribution >= 0.6 is 0 Å². The van der Waals surface area contributed by atoms with Crippen LogP contribution in [0.1, 0.15) is 24.0 Å². The highest BCUT2D eigenvalue weighted by Crippen LogP contribution is 2.36. The van der Waals surface area contributed by atoms with Gasteiger partial charge in [0.1, 0.15) is 5.75 Å². The quantitative estimate of drug-likeness (QED) is 0.912. The minimum Gasteiger partial charge on any atom is -0.507 e. The summed E-state index contributed by atoms with van der Waals surface area (Å²) in [5.74, 6) is 2.01. The van der Waals surface area contributed by atoms with Crippen molar-refractivity contribution in [3.05, 3.63) is 35.4 Å². The molecule has 2 aromatic rings. The fourth-order valence-electron chi connectivity index (χ4n) is 4.30. The van der Waals surface area contributed by atoms with Crippen LogP contribution in [-0.2, 0) is 0 Å². The van der Waals surface area contributed by atoms with Crippen molar-refractivity contribution >= 4 is 5.82 Å². The maximum absolute atomic E-state index is 10.2. The number of nitrogens with zero attached hydrogens (tertiary/aromatic N) is 4. The second-order valence-corrected chi connectivity index (χ2v) is 7.62. The lowest BCUT2D eigenvalue weighted by molar-refractivity contribution is 0.207. The van der Waals surface area contributed by atoms with E-state index in [-0.39, 0.29) is 5.75 Å². The Morgan fingerprint density at radius 3 is 2.64 bits per heavy atom. The number of aromatic nitrogens is 2. The monoisotopic (exact) mass is 338 g/mol. The van der Waals surface area contributed by atoms with E-state index in [0.29, 0.717) is 6.04 Å². The summed E-state index contributed by atoms with van der Waals surface area (Å²) in [6, 6.07) is 8.36. The fraction of sp³-hybridized carbons (Fsp3) is 0.500. The predicted octanol–water partition coefficient (Wildman–Crippen LogP) is 3.00. The largest absolute Gasteiger partial charge is 0.507 e. The number of phenolic OH excluding ortho intramolecular Hbond substituents is 1. The molecule has 5 nitrogen and oxygen atoms in total. The van der Waals surface area contributed by atoms with Crippen molar-refractivity contribution in [2.45, 2.75) is 32.7 Å². The van der Waals surface area contributed by atoms with Gasteiger partial charge in [0.25, 0.3) is 0 Å². The van der Waals surface area contributed by atoms with E-state index >= 15 is 0 Å². The van der Waals surface area contributed by atoms with Crippen LogP contribution in [0.25, 0.3) is 11.3 Å². The van der Waals surface area contributed by atoms with Crippen molar-refractivity contribution in [2.24, 2.45) is 5.92 Å². The number of rotatable bonds is 2. The summed E-state index contributed by atoms with van der Waals surface area (Å²) in [7, 11) is 2.20. The van der Waals surface area contributed by atoms with Crippen LogP contribution in [0, 0.1) is 19.8 Å². The molecule has 2 aliphatic rings. The van der Waals surface area contributed by atoms with Crippen molar-refractivity contribution < 1.29 is 5.11 Å². The van der Waals surface area contributed by atoms with E-state index in [1.165, 1.54) is 19.4 Å². The van der Waals surface area contributed by atoms with Crippen LogP contribution in [0.5, 0.6) is 5.75 Å². The molecule has 2 fully saturated rings. The van der Waals surface area contributed by atoms with Crippen molar-refractivity contribution in [3.63, 3.8) is 0 Å². The number of likely N-dealkylation sites (tertiary alicyclic amines) is 1. The Bertz CT molecular complexity index is 791. The lowest BCUT2D eigenvalue weighted by Crippen LogP contribution is -2.47. The number of piperidine rings is 1. The molecule has 0 saturated carbocycles. The molecule has 0 radical (unpaired) electrons. The van der Waals surface area contributed by atoms with Crippen molar-refractivity contribution in [2.75, 3.05) is 31.6 Å². The van der Waals surface area contributed by atoms with Gasteiger partial charge in [0.2, 0.25) is 0 Å². The molecular formula is C20H26N4O. The Morgan fingerprint density at radius 2 is 1.88 bits per heavy atom. The SMILES string of the molecule is Cc1ccc(-c2nnc(N3CC[C@H]4CCN(C)C[C@H]43)cc2C)c(O)c1. The first kappa shape index (κ1) is 16.3. The van der Waals surface area contributed by atoms with Gasteiger partial charge < -0.3 is 14.9 Å². The van der Waals surface area contributed by atoms with Crippen LogP contribution < -0.4 is 4.90 Å². The van der Waals surface area contributed by atoms with Crippen LogP contribution in [0.4, 0.5) is 5.82 Å². The van der Waals surface area contributed by atoms with E-state index in [4.69, 9.17) is 0 Å². The third-order valence-corrected chi connectivity index (χ3v) is 5.74. The van der Waals surface area contributed by atoms with Gasteiger partial charge in [-0.2, -0.15) is 0 Å². The first-order chi connectivity index (χ1) is 12.0. The molecule has 132 valence electrons. The molecule has 0 amide bonds. The Balaban J connectivity index is 1.64. The molecule has 0 unspecified atom stereocenters. The summed E-state index contributed by atoms with van der Waals surface area (Å²) in [6.07, 6.45) is 2.53. The molecule has 1 aromatic heterocycles. The molecule has 3 heterocycles. The summed E-state index contributed by atoms with van der Waals surface area (Å²) < 4.78 is 0. The van der Waals surface area contributed by atoms with Gasteiger partial charge in [0.15, 0.2) is 5.82 Å². The van der Waals surface area contributed by atoms with Gasteiger partial charge in [0, 0.05) is 24.7 Å². The van der Waals surface area contributed by atoms with Crippen molar-refractivity contribution in [1.29, 1.82) is 0 Å². The van der Waals surface area contributed by atoms with E-state index in [9.17, 15) is 5.11 Å².